The fraction of sp³-hybridized carbons (Fsp3) is 0.280. The van der Waals surface area contributed by atoms with E-state index in [4.69, 9.17) is 14.2 Å². The average molecular weight is 490 g/mol. The van der Waals surface area contributed by atoms with Gasteiger partial charge in [-0.1, -0.05) is 23.5 Å². The number of methoxy groups -OCH3 is 1. The highest BCUT2D eigenvalue weighted by atomic mass is 32.1. The number of ether oxygens (including phenoxy) is 3. The monoisotopic (exact) mass is 489 g/mol. The molecule has 0 atom stereocenters. The molecule has 1 fully saturated rings. The van der Waals surface area contributed by atoms with E-state index in [9.17, 15) is 4.79 Å². The van der Waals surface area contributed by atoms with Gasteiger partial charge in [-0.3, -0.25) is 9.89 Å². The molecule has 10 heteroatoms. The minimum absolute atomic E-state index is 0.0464. The summed E-state index contributed by atoms with van der Waals surface area (Å²) in [6.45, 7) is 1.54. The summed E-state index contributed by atoms with van der Waals surface area (Å²) in [6, 6.07) is 15.2. The molecule has 6 rings (SSSR count). The first kappa shape index (κ1) is 21.6. The lowest BCUT2D eigenvalue weighted by atomic mass is 9.97. The Morgan fingerprint density at radius 3 is 2.77 bits per heavy atom. The summed E-state index contributed by atoms with van der Waals surface area (Å²) < 4.78 is 16.3. The summed E-state index contributed by atoms with van der Waals surface area (Å²) in [5.41, 5.74) is 2.99. The van der Waals surface area contributed by atoms with Crippen LogP contribution in [-0.2, 0) is 0 Å². The Kier molecular flexibility index (Phi) is 5.57. The van der Waals surface area contributed by atoms with E-state index >= 15 is 0 Å². The lowest BCUT2D eigenvalue weighted by Gasteiger charge is -2.30. The average Bonchev–Trinajstić information content (AvgIpc) is 3.68. The molecule has 2 aromatic carbocycles. The third kappa shape index (κ3) is 4.10. The van der Waals surface area contributed by atoms with Gasteiger partial charge < -0.3 is 19.1 Å². The molecule has 0 saturated carbocycles. The highest BCUT2D eigenvalue weighted by Crippen LogP contribution is 2.37. The number of aromatic nitrogens is 4. The van der Waals surface area contributed by atoms with Crippen LogP contribution in [0.1, 0.15) is 34.3 Å². The Labute approximate surface area is 205 Å². The van der Waals surface area contributed by atoms with Gasteiger partial charge in [0, 0.05) is 24.6 Å². The molecule has 4 heterocycles. The number of nitrogens with zero attached hydrogens (tertiary/aromatic N) is 4. The Hall–Kier alpha value is -3.92. The summed E-state index contributed by atoms with van der Waals surface area (Å²) in [4.78, 5) is 15.0. The Morgan fingerprint density at radius 2 is 1.91 bits per heavy atom. The Bertz CT molecular complexity index is 1380. The van der Waals surface area contributed by atoms with E-state index in [1.807, 2.05) is 47.4 Å². The van der Waals surface area contributed by atoms with Crippen LogP contribution in [-0.4, -0.2) is 58.2 Å². The number of benzene rings is 2. The summed E-state index contributed by atoms with van der Waals surface area (Å²) >= 11 is 1.60. The molecule has 2 aliphatic rings. The van der Waals surface area contributed by atoms with Crippen LogP contribution >= 0.6 is 11.3 Å². The number of piperidine rings is 1. The number of H-pyrrole nitrogens is 1. The third-order valence-electron chi connectivity index (χ3n) is 6.39. The zero-order valence-corrected chi connectivity index (χ0v) is 19.9. The minimum atomic E-state index is -0.0464. The second kappa shape index (κ2) is 9.03. The summed E-state index contributed by atoms with van der Waals surface area (Å²) in [5, 5.41) is 18.0. The van der Waals surface area contributed by atoms with Crippen LogP contribution < -0.4 is 14.2 Å². The molecule has 0 radical (unpaired) electrons. The molecule has 4 aromatic rings. The predicted octanol–water partition coefficient (Wildman–Crippen LogP) is 4.35. The molecule has 1 N–H and O–H groups in total. The summed E-state index contributed by atoms with van der Waals surface area (Å²) in [5.74, 6) is 2.43. The zero-order chi connectivity index (χ0) is 23.8. The first-order valence-electron chi connectivity index (χ1n) is 11.4. The van der Waals surface area contributed by atoms with Crippen molar-refractivity contribution < 1.29 is 19.0 Å². The minimum Gasteiger partial charge on any atom is -0.496 e. The van der Waals surface area contributed by atoms with Crippen molar-refractivity contribution in [3.63, 3.8) is 0 Å². The smallest absolute Gasteiger partial charge is 0.271 e. The number of aromatic amines is 1. The molecule has 2 aromatic heterocycles. The first-order valence-corrected chi connectivity index (χ1v) is 12.2. The number of rotatable bonds is 5. The van der Waals surface area contributed by atoms with Gasteiger partial charge in [0.25, 0.3) is 5.91 Å². The maximum absolute atomic E-state index is 13.1. The molecule has 1 amide bonds. The van der Waals surface area contributed by atoms with Gasteiger partial charge in [0.05, 0.1) is 18.4 Å². The van der Waals surface area contributed by atoms with E-state index in [0.717, 1.165) is 39.7 Å². The molecule has 2 aliphatic heterocycles. The highest BCUT2D eigenvalue weighted by Gasteiger charge is 2.28. The van der Waals surface area contributed by atoms with Gasteiger partial charge in [-0.2, -0.15) is 5.10 Å². The Morgan fingerprint density at radius 1 is 1.09 bits per heavy atom. The second-order valence-corrected chi connectivity index (χ2v) is 9.46. The van der Waals surface area contributed by atoms with E-state index in [1.54, 1.807) is 24.5 Å². The van der Waals surface area contributed by atoms with Crippen LogP contribution in [0.25, 0.3) is 21.8 Å². The van der Waals surface area contributed by atoms with Crippen LogP contribution in [0, 0.1) is 0 Å². The number of carbonyl (C=O) groups excluding carboxylic acids is 1. The van der Waals surface area contributed by atoms with Gasteiger partial charge >= 0.3 is 0 Å². The quantitative estimate of drug-likeness (QED) is 0.445. The lowest BCUT2D eigenvalue weighted by molar-refractivity contribution is 0.0707. The SMILES string of the molecule is COc1ccccc1-c1nnc(C2CCN(C(=O)c3cc(-c4ccc5c(c4)OCO5)n[nH]3)CC2)s1. The van der Waals surface area contributed by atoms with Crippen molar-refractivity contribution in [2.24, 2.45) is 0 Å². The van der Waals surface area contributed by atoms with Crippen LogP contribution in [0.5, 0.6) is 17.2 Å². The number of carbonyl (C=O) groups is 1. The van der Waals surface area contributed by atoms with Gasteiger partial charge in [-0.25, -0.2) is 0 Å². The van der Waals surface area contributed by atoms with Crippen LogP contribution in [0.3, 0.4) is 0 Å². The van der Waals surface area contributed by atoms with Crippen LogP contribution in [0.4, 0.5) is 0 Å². The third-order valence-corrected chi connectivity index (χ3v) is 7.51. The normalized spacial score (nSPS) is 15.4. The molecule has 35 heavy (non-hydrogen) atoms. The number of likely N-dealkylation sites (tertiary alicyclic amines) is 1. The predicted molar refractivity (Wildman–Crippen MR) is 130 cm³/mol. The fourth-order valence-electron chi connectivity index (χ4n) is 4.46. The van der Waals surface area contributed by atoms with Crippen molar-refractivity contribution in [2.45, 2.75) is 18.8 Å². The van der Waals surface area contributed by atoms with Crippen molar-refractivity contribution >= 4 is 17.2 Å². The largest absolute Gasteiger partial charge is 0.496 e. The van der Waals surface area contributed by atoms with Gasteiger partial charge in [0.2, 0.25) is 6.79 Å². The van der Waals surface area contributed by atoms with Crippen molar-refractivity contribution in [3.8, 4) is 39.1 Å². The van der Waals surface area contributed by atoms with Gasteiger partial charge in [-0.15, -0.1) is 10.2 Å². The molecule has 0 aliphatic carbocycles. The zero-order valence-electron chi connectivity index (χ0n) is 19.1. The second-order valence-electron chi connectivity index (χ2n) is 8.45. The topological polar surface area (TPSA) is 102 Å². The molecule has 0 spiro atoms. The number of hydrogen-bond donors (Lipinski definition) is 1. The van der Waals surface area contributed by atoms with E-state index < -0.39 is 0 Å². The maximum atomic E-state index is 13.1. The molecular formula is C25H23N5O4S. The van der Waals surface area contributed by atoms with Crippen molar-refractivity contribution in [2.75, 3.05) is 27.0 Å². The van der Waals surface area contributed by atoms with Crippen molar-refractivity contribution in [3.05, 3.63) is 59.2 Å². The molecule has 1 saturated heterocycles. The van der Waals surface area contributed by atoms with E-state index in [2.05, 4.69) is 20.4 Å². The number of para-hydroxylation sites is 1. The van der Waals surface area contributed by atoms with E-state index in [0.29, 0.717) is 36.0 Å². The van der Waals surface area contributed by atoms with Crippen LogP contribution in [0.2, 0.25) is 0 Å². The van der Waals surface area contributed by atoms with Crippen molar-refractivity contribution in [1.29, 1.82) is 0 Å². The Balaban J connectivity index is 1.11. The lowest BCUT2D eigenvalue weighted by Crippen LogP contribution is -2.38. The molecule has 0 unspecified atom stereocenters. The van der Waals surface area contributed by atoms with E-state index in [-0.39, 0.29) is 18.6 Å². The molecule has 9 nitrogen and oxygen atoms in total. The van der Waals surface area contributed by atoms with E-state index in [1.165, 1.54) is 0 Å². The number of amides is 1. The van der Waals surface area contributed by atoms with Gasteiger partial charge in [0.1, 0.15) is 16.5 Å². The highest BCUT2D eigenvalue weighted by molar-refractivity contribution is 7.14. The first-order chi connectivity index (χ1) is 17.2. The maximum Gasteiger partial charge on any atom is 0.271 e. The van der Waals surface area contributed by atoms with Crippen LogP contribution in [0.15, 0.2) is 48.5 Å². The van der Waals surface area contributed by atoms with Gasteiger partial charge in [0.15, 0.2) is 16.5 Å². The molecular weight excluding hydrogens is 466 g/mol. The standard InChI is InChI=1S/C25H23N5O4S/c1-32-20-5-3-2-4-17(20)24-29-28-23(35-24)15-8-10-30(11-9-15)25(31)19-13-18(26-27-19)16-6-7-21-22(12-16)34-14-33-21/h2-7,12-13,15H,8-11,14H2,1H3,(H,26,27). The molecule has 178 valence electrons. The summed E-state index contributed by atoms with van der Waals surface area (Å²) in [6.07, 6.45) is 1.69. The number of nitrogens with one attached hydrogen (secondary N) is 1. The van der Waals surface area contributed by atoms with Crippen molar-refractivity contribution in [1.82, 2.24) is 25.3 Å². The fourth-order valence-corrected chi connectivity index (χ4v) is 5.51. The van der Waals surface area contributed by atoms with Gasteiger partial charge in [-0.05, 0) is 49.2 Å². The number of hydrogen-bond acceptors (Lipinski definition) is 8. The summed E-state index contributed by atoms with van der Waals surface area (Å²) in [7, 11) is 1.66. The molecule has 0 bridgehead atoms. The number of fused-ring (bicyclic) bond motifs is 1.